The number of nitrogens with one attached hydrogen (secondary N) is 1. The summed E-state index contributed by atoms with van der Waals surface area (Å²) in [4.78, 5) is 7.89. The second-order valence-corrected chi connectivity index (χ2v) is 4.58. The average molecular weight is 264 g/mol. The molecule has 100 valence electrons. The zero-order valence-electron chi connectivity index (χ0n) is 11.4. The number of H-pyrrole nitrogens is 1. The first kappa shape index (κ1) is 12.5. The molecule has 0 aliphatic carbocycles. The molecule has 1 aromatic heterocycles. The van der Waals surface area contributed by atoms with E-state index in [9.17, 15) is 0 Å². The van der Waals surface area contributed by atoms with Crippen molar-refractivity contribution >= 4 is 23.8 Å². The average Bonchev–Trinajstić information content (AvgIpc) is 2.90. The van der Waals surface area contributed by atoms with E-state index < -0.39 is 0 Å². The fourth-order valence-corrected chi connectivity index (χ4v) is 2.25. The van der Waals surface area contributed by atoms with E-state index >= 15 is 0 Å². The van der Waals surface area contributed by atoms with Crippen LogP contribution in [0.2, 0.25) is 0 Å². The summed E-state index contributed by atoms with van der Waals surface area (Å²) in [6, 6.07) is 8.00. The number of para-hydroxylation sites is 1. The lowest BCUT2D eigenvalue weighted by atomic mass is 10.1. The first-order valence-corrected chi connectivity index (χ1v) is 6.59. The van der Waals surface area contributed by atoms with Gasteiger partial charge >= 0.3 is 0 Å². The molecule has 0 saturated carbocycles. The standard InChI is InChI=1S/C17H16N2O/c1-3-7-15-14(4-2)18-17(19-15)13-10-12-8-5-6-9-16(12)20-11-13/h3-10H,2,11H2,1H3,(H,18,19)/b7-3-. The molecule has 2 aromatic rings. The Morgan fingerprint density at radius 2 is 2.20 bits per heavy atom. The molecule has 1 aromatic carbocycles. The van der Waals surface area contributed by atoms with Crippen LogP contribution in [0.1, 0.15) is 29.7 Å². The van der Waals surface area contributed by atoms with Crippen molar-refractivity contribution in [3.8, 4) is 5.75 Å². The quantitative estimate of drug-likeness (QED) is 0.909. The Morgan fingerprint density at radius 1 is 1.35 bits per heavy atom. The molecule has 20 heavy (non-hydrogen) atoms. The molecular weight excluding hydrogens is 248 g/mol. The number of fused-ring (bicyclic) bond motifs is 1. The number of benzene rings is 1. The minimum absolute atomic E-state index is 0.524. The predicted molar refractivity (Wildman–Crippen MR) is 83.2 cm³/mol. The van der Waals surface area contributed by atoms with Gasteiger partial charge in [0.25, 0.3) is 0 Å². The topological polar surface area (TPSA) is 37.9 Å². The number of ether oxygens (including phenoxy) is 1. The second kappa shape index (κ2) is 5.21. The molecule has 2 heterocycles. The van der Waals surface area contributed by atoms with Crippen molar-refractivity contribution in [3.63, 3.8) is 0 Å². The van der Waals surface area contributed by atoms with Crippen molar-refractivity contribution in [2.24, 2.45) is 0 Å². The highest BCUT2D eigenvalue weighted by Gasteiger charge is 2.15. The number of rotatable bonds is 3. The van der Waals surface area contributed by atoms with Crippen LogP contribution in [-0.2, 0) is 0 Å². The maximum atomic E-state index is 5.76. The first-order valence-electron chi connectivity index (χ1n) is 6.59. The molecule has 3 rings (SSSR count). The van der Waals surface area contributed by atoms with Gasteiger partial charge in [-0.15, -0.1) is 0 Å². The van der Waals surface area contributed by atoms with Crippen molar-refractivity contribution in [1.29, 1.82) is 0 Å². The minimum Gasteiger partial charge on any atom is -0.488 e. The number of allylic oxidation sites excluding steroid dienone is 1. The summed E-state index contributed by atoms with van der Waals surface area (Å²) in [6.07, 6.45) is 7.84. The van der Waals surface area contributed by atoms with E-state index in [4.69, 9.17) is 4.74 Å². The summed E-state index contributed by atoms with van der Waals surface area (Å²) in [5.41, 5.74) is 3.95. The Balaban J connectivity index is 2.02. The maximum absolute atomic E-state index is 5.76. The van der Waals surface area contributed by atoms with Gasteiger partial charge in [0.05, 0.1) is 11.4 Å². The molecule has 0 bridgehead atoms. The monoisotopic (exact) mass is 264 g/mol. The number of aromatic nitrogens is 2. The van der Waals surface area contributed by atoms with Gasteiger partial charge < -0.3 is 9.72 Å². The van der Waals surface area contributed by atoms with E-state index in [1.54, 1.807) is 6.08 Å². The second-order valence-electron chi connectivity index (χ2n) is 4.58. The zero-order valence-corrected chi connectivity index (χ0v) is 11.4. The van der Waals surface area contributed by atoms with Crippen molar-refractivity contribution in [2.75, 3.05) is 6.61 Å². The van der Waals surface area contributed by atoms with E-state index in [0.29, 0.717) is 6.61 Å². The highest BCUT2D eigenvalue weighted by molar-refractivity contribution is 5.84. The van der Waals surface area contributed by atoms with Crippen molar-refractivity contribution in [3.05, 3.63) is 59.7 Å². The van der Waals surface area contributed by atoms with Gasteiger partial charge in [-0.3, -0.25) is 0 Å². The lowest BCUT2D eigenvalue weighted by Gasteiger charge is -2.16. The largest absolute Gasteiger partial charge is 0.488 e. The Labute approximate surface area is 118 Å². The van der Waals surface area contributed by atoms with Crippen molar-refractivity contribution in [2.45, 2.75) is 6.92 Å². The van der Waals surface area contributed by atoms with Gasteiger partial charge in [-0.1, -0.05) is 30.9 Å². The molecule has 1 N–H and O–H groups in total. The van der Waals surface area contributed by atoms with E-state index in [1.807, 2.05) is 43.3 Å². The Bertz CT molecular complexity index is 708. The van der Waals surface area contributed by atoms with Crippen LogP contribution in [-0.4, -0.2) is 16.6 Å². The molecular formula is C17H16N2O. The number of imidazole rings is 1. The molecule has 0 spiro atoms. The Morgan fingerprint density at radius 3 is 3.00 bits per heavy atom. The van der Waals surface area contributed by atoms with Crippen LogP contribution >= 0.6 is 0 Å². The molecule has 1 aliphatic heterocycles. The lowest BCUT2D eigenvalue weighted by Crippen LogP contribution is -2.07. The summed E-state index contributed by atoms with van der Waals surface area (Å²) in [5, 5.41) is 0. The number of aromatic amines is 1. The van der Waals surface area contributed by atoms with Crippen LogP contribution in [0.15, 0.2) is 36.9 Å². The summed E-state index contributed by atoms with van der Waals surface area (Å²) < 4.78 is 5.76. The third-order valence-electron chi connectivity index (χ3n) is 3.22. The summed E-state index contributed by atoms with van der Waals surface area (Å²) in [5.74, 6) is 1.75. The van der Waals surface area contributed by atoms with Crippen LogP contribution in [0.5, 0.6) is 5.75 Å². The molecule has 0 radical (unpaired) electrons. The number of nitrogens with zero attached hydrogens (tertiary/aromatic N) is 1. The lowest BCUT2D eigenvalue weighted by molar-refractivity contribution is 0.365. The van der Waals surface area contributed by atoms with Crippen molar-refractivity contribution in [1.82, 2.24) is 9.97 Å². The van der Waals surface area contributed by atoms with Gasteiger partial charge in [-0.2, -0.15) is 0 Å². The summed E-state index contributed by atoms with van der Waals surface area (Å²) in [6.45, 7) is 6.30. The van der Waals surface area contributed by atoms with E-state index in [2.05, 4.69) is 22.6 Å². The summed E-state index contributed by atoms with van der Waals surface area (Å²) in [7, 11) is 0. The molecule has 0 fully saturated rings. The van der Waals surface area contributed by atoms with Crippen LogP contribution in [0.4, 0.5) is 0 Å². The maximum Gasteiger partial charge on any atom is 0.137 e. The molecule has 3 nitrogen and oxygen atoms in total. The van der Waals surface area contributed by atoms with Crippen LogP contribution in [0.3, 0.4) is 0 Å². The molecule has 0 saturated heterocycles. The van der Waals surface area contributed by atoms with E-state index in [-0.39, 0.29) is 0 Å². The molecule has 3 heteroatoms. The highest BCUT2D eigenvalue weighted by atomic mass is 16.5. The Hall–Kier alpha value is -2.55. The molecule has 0 unspecified atom stereocenters. The smallest absolute Gasteiger partial charge is 0.137 e. The first-order chi connectivity index (χ1) is 9.81. The van der Waals surface area contributed by atoms with Gasteiger partial charge in [-0.05, 0) is 31.2 Å². The molecule has 1 aliphatic rings. The Kier molecular flexibility index (Phi) is 3.25. The van der Waals surface area contributed by atoms with Crippen LogP contribution in [0, 0.1) is 0 Å². The highest BCUT2D eigenvalue weighted by Crippen LogP contribution is 2.29. The van der Waals surface area contributed by atoms with Gasteiger partial charge in [0.1, 0.15) is 18.2 Å². The number of hydrogen-bond acceptors (Lipinski definition) is 2. The van der Waals surface area contributed by atoms with E-state index in [1.165, 1.54) is 0 Å². The van der Waals surface area contributed by atoms with Crippen molar-refractivity contribution < 1.29 is 4.74 Å². The molecule has 0 atom stereocenters. The third kappa shape index (κ3) is 2.18. The third-order valence-corrected chi connectivity index (χ3v) is 3.22. The van der Waals surface area contributed by atoms with Gasteiger partial charge in [-0.25, -0.2) is 4.98 Å². The van der Waals surface area contributed by atoms with Gasteiger partial charge in [0.15, 0.2) is 0 Å². The fraction of sp³-hybridized carbons (Fsp3) is 0.118. The zero-order chi connectivity index (χ0) is 13.9. The van der Waals surface area contributed by atoms with Crippen LogP contribution in [0.25, 0.3) is 23.8 Å². The summed E-state index contributed by atoms with van der Waals surface area (Å²) >= 11 is 0. The van der Waals surface area contributed by atoms with Gasteiger partial charge in [0, 0.05) is 11.1 Å². The van der Waals surface area contributed by atoms with E-state index in [0.717, 1.165) is 34.1 Å². The van der Waals surface area contributed by atoms with Crippen LogP contribution < -0.4 is 4.74 Å². The predicted octanol–water partition coefficient (Wildman–Crippen LogP) is 4.02. The normalized spacial score (nSPS) is 13.8. The number of hydrogen-bond donors (Lipinski definition) is 1. The van der Waals surface area contributed by atoms with Gasteiger partial charge in [0.2, 0.25) is 0 Å². The SMILES string of the molecule is C=Cc1nc(C2=Cc3ccccc3OC2)[nH]c1/C=C\C. The fourth-order valence-electron chi connectivity index (χ4n) is 2.25. The molecule has 0 amide bonds. The minimum atomic E-state index is 0.524.